The van der Waals surface area contributed by atoms with Crippen molar-refractivity contribution < 1.29 is 10.2 Å². The molecule has 0 atom stereocenters. The van der Waals surface area contributed by atoms with Crippen LogP contribution in [0.1, 0.15) is 1.37 Å². The Morgan fingerprint density at radius 1 is 0.365 bits per heavy atom. The summed E-state index contributed by atoms with van der Waals surface area (Å²) >= 11 is 0. The molecular weight excluding hydrogens is 639 g/mol. The van der Waals surface area contributed by atoms with Gasteiger partial charge in [-0.2, -0.15) is 0 Å². The summed E-state index contributed by atoms with van der Waals surface area (Å²) in [6, 6.07) is 53.5. The van der Waals surface area contributed by atoms with E-state index in [4.69, 9.17) is 23.8 Å². The van der Waals surface area contributed by atoms with Crippen LogP contribution in [0.25, 0.3) is 111 Å². The van der Waals surface area contributed by atoms with Crippen LogP contribution >= 0.6 is 0 Å². The van der Waals surface area contributed by atoms with Crippen molar-refractivity contribution in [1.29, 1.82) is 0 Å². The van der Waals surface area contributed by atoms with Crippen molar-refractivity contribution in [3.05, 3.63) is 164 Å². The molecule has 0 saturated heterocycles. The molecule has 0 spiro atoms. The van der Waals surface area contributed by atoms with Crippen LogP contribution in [0.3, 0.4) is 0 Å². The maximum absolute atomic E-state index is 9.31. The van der Waals surface area contributed by atoms with Gasteiger partial charge in [0.15, 0.2) is 17.5 Å². The predicted octanol–water partition coefficient (Wildman–Crippen LogP) is 12.6. The van der Waals surface area contributed by atoms with E-state index in [1.807, 2.05) is 78.9 Å². The first-order chi connectivity index (χ1) is 26.1. The molecule has 0 amide bonds. The fraction of sp³-hybridized carbons (Fsp3) is 0. The molecular formula is C47H27N3O2. The van der Waals surface area contributed by atoms with Crippen LogP contribution in [-0.2, 0) is 0 Å². The molecule has 0 bridgehead atoms. The number of fused-ring (bicyclic) bond motifs is 8. The molecule has 0 aliphatic rings. The summed E-state index contributed by atoms with van der Waals surface area (Å²) in [6.45, 7) is 0. The summed E-state index contributed by atoms with van der Waals surface area (Å²) in [5, 5.41) is 8.26. The van der Waals surface area contributed by atoms with Gasteiger partial charge in [0, 0.05) is 38.2 Å². The highest BCUT2D eigenvalue weighted by Crippen LogP contribution is 2.41. The fourth-order valence-corrected chi connectivity index (χ4v) is 7.53. The Balaban J connectivity index is 1.16. The lowest BCUT2D eigenvalue weighted by atomic mass is 9.97. The Morgan fingerprint density at radius 2 is 0.904 bits per heavy atom. The van der Waals surface area contributed by atoms with E-state index in [0.29, 0.717) is 34.7 Å². The minimum Gasteiger partial charge on any atom is -0.456 e. The SMILES string of the molecule is [2H]c1ccc2oc3ccc(-c4cccc5oc6ccccc6c45)cc3c2c1-c1nc(-c2ccc3ccccc3c2)nc(-c2ccc3ccccc3c2)n1. The lowest BCUT2D eigenvalue weighted by molar-refractivity contribution is 0.669. The zero-order chi connectivity index (χ0) is 35.0. The second-order valence-electron chi connectivity index (χ2n) is 13.1. The molecule has 52 heavy (non-hydrogen) atoms. The molecule has 3 aromatic heterocycles. The number of para-hydroxylation sites is 1. The van der Waals surface area contributed by atoms with E-state index in [1.165, 1.54) is 0 Å². The predicted molar refractivity (Wildman–Crippen MR) is 211 cm³/mol. The first-order valence-corrected chi connectivity index (χ1v) is 17.3. The highest BCUT2D eigenvalue weighted by Gasteiger charge is 2.20. The third-order valence-corrected chi connectivity index (χ3v) is 10.0. The second-order valence-corrected chi connectivity index (χ2v) is 13.1. The molecule has 8 aromatic carbocycles. The number of aromatic nitrogens is 3. The molecule has 0 aliphatic heterocycles. The molecule has 0 saturated carbocycles. The molecule has 0 fully saturated rings. The highest BCUT2D eigenvalue weighted by molar-refractivity contribution is 6.16. The second kappa shape index (κ2) is 11.2. The Labute approximate surface area is 298 Å². The zero-order valence-electron chi connectivity index (χ0n) is 28.7. The Bertz CT molecular complexity index is 3170. The standard InChI is InChI=1S/C47H27N3O2/c1-3-11-30-25-33(21-19-28(30)9-1)45-48-46(34-22-20-29-10-2-4-12-31(29)26-34)50-47(49-45)37-15-8-18-42-44(37)38-27-32(23-24-40(38)52-42)35-14-7-17-41-43(35)36-13-5-6-16-39(36)51-41/h1-27H/i15D. The van der Waals surface area contributed by atoms with Crippen molar-refractivity contribution >= 4 is 65.4 Å². The van der Waals surface area contributed by atoms with Gasteiger partial charge in [-0.25, -0.2) is 15.0 Å². The van der Waals surface area contributed by atoms with Crippen LogP contribution in [0.4, 0.5) is 0 Å². The lowest BCUT2D eigenvalue weighted by Gasteiger charge is -2.10. The molecule has 11 rings (SSSR count). The summed E-state index contributed by atoms with van der Waals surface area (Å²) in [5.41, 5.74) is 7.48. The van der Waals surface area contributed by atoms with Crippen molar-refractivity contribution in [2.24, 2.45) is 0 Å². The third kappa shape index (κ3) is 4.53. The minimum atomic E-state index is 0.300. The van der Waals surface area contributed by atoms with Crippen LogP contribution in [0.15, 0.2) is 173 Å². The van der Waals surface area contributed by atoms with E-state index in [0.717, 1.165) is 82.1 Å². The van der Waals surface area contributed by atoms with Crippen molar-refractivity contribution in [3.8, 4) is 45.3 Å². The first-order valence-electron chi connectivity index (χ1n) is 17.8. The van der Waals surface area contributed by atoms with Crippen LogP contribution in [0, 0.1) is 0 Å². The summed E-state index contributed by atoms with van der Waals surface area (Å²) in [6.07, 6.45) is 0. The zero-order valence-corrected chi connectivity index (χ0v) is 27.7. The number of nitrogens with zero attached hydrogens (tertiary/aromatic N) is 3. The molecule has 242 valence electrons. The van der Waals surface area contributed by atoms with Crippen LogP contribution < -0.4 is 0 Å². The van der Waals surface area contributed by atoms with Gasteiger partial charge in [0.2, 0.25) is 0 Å². The fourth-order valence-electron chi connectivity index (χ4n) is 7.53. The first kappa shape index (κ1) is 27.7. The number of rotatable bonds is 4. The molecule has 0 N–H and O–H groups in total. The van der Waals surface area contributed by atoms with E-state index in [9.17, 15) is 1.37 Å². The van der Waals surface area contributed by atoms with Gasteiger partial charge in [-0.3, -0.25) is 0 Å². The highest BCUT2D eigenvalue weighted by atomic mass is 16.3. The minimum absolute atomic E-state index is 0.300. The van der Waals surface area contributed by atoms with Crippen LogP contribution in [-0.4, -0.2) is 15.0 Å². The van der Waals surface area contributed by atoms with Crippen molar-refractivity contribution in [2.45, 2.75) is 0 Å². The lowest BCUT2D eigenvalue weighted by Crippen LogP contribution is -2.00. The third-order valence-electron chi connectivity index (χ3n) is 10.0. The Kier molecular flexibility index (Phi) is 5.96. The van der Waals surface area contributed by atoms with E-state index < -0.39 is 0 Å². The molecule has 0 aliphatic carbocycles. The maximum atomic E-state index is 9.31. The van der Waals surface area contributed by atoms with Crippen molar-refractivity contribution in [1.82, 2.24) is 15.0 Å². The Hall–Kier alpha value is -7.11. The average molecular weight is 667 g/mol. The number of hydrogen-bond donors (Lipinski definition) is 0. The van der Waals surface area contributed by atoms with Crippen LogP contribution in [0.2, 0.25) is 0 Å². The van der Waals surface area contributed by atoms with Crippen molar-refractivity contribution in [3.63, 3.8) is 0 Å². The summed E-state index contributed by atoms with van der Waals surface area (Å²) in [7, 11) is 0. The largest absolute Gasteiger partial charge is 0.456 e. The van der Waals surface area contributed by atoms with E-state index in [-0.39, 0.29) is 0 Å². The van der Waals surface area contributed by atoms with Gasteiger partial charge in [-0.15, -0.1) is 0 Å². The molecule has 11 aromatic rings. The van der Waals surface area contributed by atoms with Gasteiger partial charge in [-0.05, 0) is 75.1 Å². The van der Waals surface area contributed by atoms with Gasteiger partial charge in [0.05, 0.1) is 1.37 Å². The van der Waals surface area contributed by atoms with Gasteiger partial charge in [0.1, 0.15) is 22.3 Å². The van der Waals surface area contributed by atoms with E-state index in [1.54, 1.807) is 6.07 Å². The van der Waals surface area contributed by atoms with Crippen LogP contribution in [0.5, 0.6) is 0 Å². The average Bonchev–Trinajstić information content (AvgIpc) is 3.78. The molecule has 3 heterocycles. The molecule has 5 heteroatoms. The topological polar surface area (TPSA) is 65.0 Å². The summed E-state index contributed by atoms with van der Waals surface area (Å²) in [5.74, 6) is 1.48. The normalized spacial score (nSPS) is 12.1. The molecule has 5 nitrogen and oxygen atoms in total. The van der Waals surface area contributed by atoms with Gasteiger partial charge in [-0.1, -0.05) is 121 Å². The van der Waals surface area contributed by atoms with Gasteiger partial charge < -0.3 is 8.83 Å². The number of benzene rings is 8. The maximum Gasteiger partial charge on any atom is 0.164 e. The van der Waals surface area contributed by atoms with E-state index >= 15 is 0 Å². The smallest absolute Gasteiger partial charge is 0.164 e. The number of furan rings is 2. The van der Waals surface area contributed by atoms with Gasteiger partial charge >= 0.3 is 0 Å². The molecule has 0 unspecified atom stereocenters. The van der Waals surface area contributed by atoms with Crippen molar-refractivity contribution in [2.75, 3.05) is 0 Å². The summed E-state index contributed by atoms with van der Waals surface area (Å²) < 4.78 is 22.0. The quantitative estimate of drug-likeness (QED) is 0.187. The number of hydrogen-bond acceptors (Lipinski definition) is 5. The Morgan fingerprint density at radius 3 is 1.62 bits per heavy atom. The van der Waals surface area contributed by atoms with E-state index in [2.05, 4.69) is 72.8 Å². The monoisotopic (exact) mass is 666 g/mol. The van der Waals surface area contributed by atoms with Gasteiger partial charge in [0.25, 0.3) is 0 Å². The molecule has 0 radical (unpaired) electrons. The summed E-state index contributed by atoms with van der Waals surface area (Å²) in [4.78, 5) is 15.3.